The van der Waals surface area contributed by atoms with Gasteiger partial charge in [0, 0.05) is 17.1 Å². The summed E-state index contributed by atoms with van der Waals surface area (Å²) in [5.74, 6) is 0.897. The van der Waals surface area contributed by atoms with E-state index >= 15 is 0 Å². The molecule has 1 aliphatic carbocycles. The summed E-state index contributed by atoms with van der Waals surface area (Å²) in [6.45, 7) is 9.14. The lowest BCUT2D eigenvalue weighted by Gasteiger charge is -2.10. The third-order valence-corrected chi connectivity index (χ3v) is 4.96. The van der Waals surface area contributed by atoms with Gasteiger partial charge in [-0.25, -0.2) is 9.97 Å². The van der Waals surface area contributed by atoms with Gasteiger partial charge in [0.25, 0.3) is 0 Å². The van der Waals surface area contributed by atoms with Gasteiger partial charge >= 0.3 is 0 Å². The maximum absolute atomic E-state index is 5.79. The van der Waals surface area contributed by atoms with Gasteiger partial charge in [-0.3, -0.25) is 0 Å². The van der Waals surface area contributed by atoms with E-state index in [1.165, 1.54) is 0 Å². The van der Waals surface area contributed by atoms with Crippen molar-refractivity contribution in [3.8, 4) is 0 Å². The predicted octanol–water partition coefficient (Wildman–Crippen LogP) is 3.06. The SMILES string of the molecule is CC1(C)C(Nc2ncnc3cc(N)ccc23)C1(C)C. The van der Waals surface area contributed by atoms with Gasteiger partial charge in [0.2, 0.25) is 0 Å². The molecule has 1 saturated carbocycles. The molecule has 1 aliphatic rings. The third kappa shape index (κ3) is 1.66. The van der Waals surface area contributed by atoms with Crippen LogP contribution in [0.25, 0.3) is 10.9 Å². The fourth-order valence-corrected chi connectivity index (χ4v) is 2.88. The fraction of sp³-hybridized carbons (Fsp3) is 0.467. The van der Waals surface area contributed by atoms with Crippen LogP contribution in [0.1, 0.15) is 27.7 Å². The van der Waals surface area contributed by atoms with Gasteiger partial charge < -0.3 is 11.1 Å². The van der Waals surface area contributed by atoms with Crippen LogP contribution in [0.2, 0.25) is 0 Å². The van der Waals surface area contributed by atoms with E-state index in [1.54, 1.807) is 6.33 Å². The number of hydrogen-bond acceptors (Lipinski definition) is 4. The number of nitrogen functional groups attached to an aromatic ring is 1. The number of nitrogens with two attached hydrogens (primary N) is 1. The summed E-state index contributed by atoms with van der Waals surface area (Å²) in [6, 6.07) is 6.18. The minimum atomic E-state index is 0.276. The summed E-state index contributed by atoms with van der Waals surface area (Å²) >= 11 is 0. The molecule has 1 fully saturated rings. The molecule has 100 valence electrons. The molecule has 0 atom stereocenters. The average Bonchev–Trinajstić information content (AvgIpc) is 2.71. The first kappa shape index (κ1) is 12.2. The molecule has 19 heavy (non-hydrogen) atoms. The number of aromatic nitrogens is 2. The van der Waals surface area contributed by atoms with E-state index in [-0.39, 0.29) is 10.8 Å². The third-order valence-electron chi connectivity index (χ3n) is 4.96. The fourth-order valence-electron chi connectivity index (χ4n) is 2.88. The van der Waals surface area contributed by atoms with Crippen LogP contribution < -0.4 is 11.1 Å². The van der Waals surface area contributed by atoms with Gasteiger partial charge in [0.15, 0.2) is 0 Å². The molecule has 0 spiro atoms. The monoisotopic (exact) mass is 256 g/mol. The molecule has 1 aromatic heterocycles. The van der Waals surface area contributed by atoms with Crippen molar-refractivity contribution in [2.45, 2.75) is 33.7 Å². The van der Waals surface area contributed by atoms with Crippen LogP contribution in [0, 0.1) is 10.8 Å². The zero-order valence-electron chi connectivity index (χ0n) is 11.9. The van der Waals surface area contributed by atoms with Crippen LogP contribution in [0.5, 0.6) is 0 Å². The van der Waals surface area contributed by atoms with E-state index in [9.17, 15) is 0 Å². The van der Waals surface area contributed by atoms with Gasteiger partial charge in [-0.15, -0.1) is 0 Å². The van der Waals surface area contributed by atoms with Crippen LogP contribution in [-0.2, 0) is 0 Å². The normalized spacial score (nSPS) is 20.4. The van der Waals surface area contributed by atoms with Crippen LogP contribution in [0.4, 0.5) is 11.5 Å². The molecule has 4 heteroatoms. The van der Waals surface area contributed by atoms with E-state index in [4.69, 9.17) is 5.73 Å². The molecule has 0 aliphatic heterocycles. The summed E-state index contributed by atoms with van der Waals surface area (Å²) in [4.78, 5) is 8.66. The lowest BCUT2D eigenvalue weighted by Crippen LogP contribution is -2.11. The van der Waals surface area contributed by atoms with Crippen molar-refractivity contribution in [2.24, 2.45) is 10.8 Å². The second kappa shape index (κ2) is 3.59. The summed E-state index contributed by atoms with van der Waals surface area (Å²) < 4.78 is 0. The molecule has 0 saturated heterocycles. The zero-order valence-corrected chi connectivity index (χ0v) is 11.9. The Bertz CT molecular complexity index is 632. The first-order valence-corrected chi connectivity index (χ1v) is 6.61. The Hall–Kier alpha value is -1.84. The van der Waals surface area contributed by atoms with E-state index in [0.29, 0.717) is 6.04 Å². The van der Waals surface area contributed by atoms with Crippen LogP contribution in [0.15, 0.2) is 24.5 Å². The van der Waals surface area contributed by atoms with Crippen molar-refractivity contribution in [2.75, 3.05) is 11.1 Å². The number of rotatable bonds is 2. The lowest BCUT2D eigenvalue weighted by atomic mass is 10.0. The largest absolute Gasteiger partial charge is 0.399 e. The Morgan fingerprint density at radius 1 is 1.11 bits per heavy atom. The van der Waals surface area contributed by atoms with E-state index in [1.807, 2.05) is 18.2 Å². The number of anilines is 2. The Morgan fingerprint density at radius 2 is 1.79 bits per heavy atom. The molecule has 1 heterocycles. The van der Waals surface area contributed by atoms with Crippen LogP contribution in [-0.4, -0.2) is 16.0 Å². The summed E-state index contributed by atoms with van der Waals surface area (Å²) in [6.07, 6.45) is 1.59. The molecular weight excluding hydrogens is 236 g/mol. The minimum absolute atomic E-state index is 0.276. The quantitative estimate of drug-likeness (QED) is 0.811. The minimum Gasteiger partial charge on any atom is -0.399 e. The lowest BCUT2D eigenvalue weighted by molar-refractivity contribution is 0.457. The Kier molecular flexibility index (Phi) is 2.31. The molecule has 1 aromatic carbocycles. The number of benzene rings is 1. The highest BCUT2D eigenvalue weighted by Gasteiger charge is 2.65. The highest BCUT2D eigenvalue weighted by atomic mass is 15.1. The maximum Gasteiger partial charge on any atom is 0.137 e. The predicted molar refractivity (Wildman–Crippen MR) is 78.9 cm³/mol. The van der Waals surface area contributed by atoms with Crippen molar-refractivity contribution >= 4 is 22.4 Å². The standard InChI is InChI=1S/C15H20N4/c1-14(2)13(15(14,3)4)19-12-10-6-5-9(16)7-11(10)17-8-18-12/h5-8,13H,16H2,1-4H3,(H,17,18,19). The summed E-state index contributed by atoms with van der Waals surface area (Å²) in [5.41, 5.74) is 7.95. The smallest absolute Gasteiger partial charge is 0.137 e. The van der Waals surface area contributed by atoms with Gasteiger partial charge in [-0.2, -0.15) is 0 Å². The van der Waals surface area contributed by atoms with Crippen LogP contribution >= 0.6 is 0 Å². The van der Waals surface area contributed by atoms with Gasteiger partial charge in [-0.05, 0) is 29.0 Å². The first-order valence-electron chi connectivity index (χ1n) is 6.61. The highest BCUT2D eigenvalue weighted by Crippen LogP contribution is 2.63. The van der Waals surface area contributed by atoms with Crippen LogP contribution in [0.3, 0.4) is 0 Å². The molecule has 2 aromatic rings. The Balaban J connectivity index is 1.99. The number of fused-ring (bicyclic) bond motifs is 1. The molecule has 0 amide bonds. The molecular formula is C15H20N4. The Morgan fingerprint density at radius 3 is 2.42 bits per heavy atom. The van der Waals surface area contributed by atoms with E-state index < -0.39 is 0 Å². The topological polar surface area (TPSA) is 63.8 Å². The Labute approximate surface area is 113 Å². The highest BCUT2D eigenvalue weighted by molar-refractivity contribution is 5.91. The van der Waals surface area contributed by atoms with E-state index in [0.717, 1.165) is 22.4 Å². The second-order valence-electron chi connectivity index (χ2n) is 6.52. The zero-order chi connectivity index (χ0) is 13.8. The van der Waals surface area contributed by atoms with E-state index in [2.05, 4.69) is 43.0 Å². The molecule has 3 rings (SSSR count). The maximum atomic E-state index is 5.79. The number of nitrogens with zero attached hydrogens (tertiary/aromatic N) is 2. The molecule has 0 unspecified atom stereocenters. The number of nitrogens with one attached hydrogen (secondary N) is 1. The van der Waals surface area contributed by atoms with Crippen molar-refractivity contribution in [1.29, 1.82) is 0 Å². The van der Waals surface area contributed by atoms with Crippen molar-refractivity contribution < 1.29 is 0 Å². The van der Waals surface area contributed by atoms with Crippen molar-refractivity contribution in [1.82, 2.24) is 9.97 Å². The average molecular weight is 256 g/mol. The molecule has 0 bridgehead atoms. The second-order valence-corrected chi connectivity index (χ2v) is 6.52. The summed E-state index contributed by atoms with van der Waals surface area (Å²) in [5, 5.41) is 4.59. The molecule has 0 radical (unpaired) electrons. The van der Waals surface area contributed by atoms with Gasteiger partial charge in [-0.1, -0.05) is 27.7 Å². The molecule has 3 N–H and O–H groups in total. The summed E-state index contributed by atoms with van der Waals surface area (Å²) in [7, 11) is 0. The molecule has 4 nitrogen and oxygen atoms in total. The van der Waals surface area contributed by atoms with Gasteiger partial charge in [0.05, 0.1) is 5.52 Å². The van der Waals surface area contributed by atoms with Crippen molar-refractivity contribution in [3.05, 3.63) is 24.5 Å². The van der Waals surface area contributed by atoms with Crippen molar-refractivity contribution in [3.63, 3.8) is 0 Å². The number of hydrogen-bond donors (Lipinski definition) is 2. The first-order chi connectivity index (χ1) is 8.84. The van der Waals surface area contributed by atoms with Gasteiger partial charge in [0.1, 0.15) is 12.1 Å².